The summed E-state index contributed by atoms with van der Waals surface area (Å²) < 4.78 is 56.7. The zero-order valence-electron chi connectivity index (χ0n) is 42.3. The molecule has 1 fully saturated rings. The third-order valence-corrected chi connectivity index (χ3v) is 15.4. The Bertz CT molecular complexity index is 3080. The van der Waals surface area contributed by atoms with Crippen molar-refractivity contribution in [2.24, 2.45) is 5.92 Å². The molecule has 0 amide bonds. The van der Waals surface area contributed by atoms with E-state index >= 15 is 0 Å². The van der Waals surface area contributed by atoms with E-state index in [0.29, 0.717) is 129 Å². The summed E-state index contributed by atoms with van der Waals surface area (Å²) >= 11 is 16.2. The first kappa shape index (κ1) is 53.8. The van der Waals surface area contributed by atoms with Gasteiger partial charge in [-0.05, 0) is 104 Å². The van der Waals surface area contributed by atoms with Crippen LogP contribution in [0.5, 0.6) is 23.0 Å². The Balaban J connectivity index is 1.05. The number of thiophene rings is 1. The second-order valence-electron chi connectivity index (χ2n) is 18.5. The summed E-state index contributed by atoms with van der Waals surface area (Å²) in [6.45, 7) is 10.6. The first-order valence-electron chi connectivity index (χ1n) is 24.8. The highest BCUT2D eigenvalue weighted by Gasteiger charge is 2.32. The van der Waals surface area contributed by atoms with Gasteiger partial charge in [-0.25, -0.2) is 24.3 Å². The normalized spacial score (nSPS) is 16.4. The van der Waals surface area contributed by atoms with Crippen molar-refractivity contribution in [2.45, 2.75) is 39.4 Å². The van der Waals surface area contributed by atoms with Crippen LogP contribution in [0, 0.1) is 25.6 Å². The number of para-hydroxylation sites is 1. The Morgan fingerprint density at radius 1 is 0.840 bits per heavy atom. The summed E-state index contributed by atoms with van der Waals surface area (Å²) in [6, 6.07) is 21.0. The van der Waals surface area contributed by atoms with Gasteiger partial charge < -0.3 is 43.2 Å². The fraction of sp³-hybridized carbons (Fsp3) is 0.375. The van der Waals surface area contributed by atoms with Crippen molar-refractivity contribution >= 4 is 50.7 Å². The fourth-order valence-corrected chi connectivity index (χ4v) is 11.0. The zero-order valence-corrected chi connectivity index (χ0v) is 44.6. The lowest BCUT2D eigenvalue weighted by Gasteiger charge is -2.35. The van der Waals surface area contributed by atoms with Gasteiger partial charge in [-0.3, -0.25) is 9.69 Å². The topological polar surface area (TPSA) is 160 Å². The van der Waals surface area contributed by atoms with E-state index in [9.17, 15) is 14.3 Å². The molecule has 0 unspecified atom stereocenters. The van der Waals surface area contributed by atoms with E-state index < -0.39 is 18.0 Å². The molecule has 75 heavy (non-hydrogen) atoms. The SMILES string of the molecule is COCCOCCOCCOc1ccccc1-c1nccc(COc2ccc3cc2C[C@H](C(=O)O)Cc2ncnc4sc(-c5ccc(F)cc5)c(c24)-c2c(C)c(Cl)c(c(Cl)c2C)O[C@H](CN2CCN(C)CC2)CO3)n1. The van der Waals surface area contributed by atoms with E-state index in [1.165, 1.54) is 29.8 Å². The number of nitrogens with zero attached hydrogens (tertiary/aromatic N) is 6. The molecular weight excluding hydrogens is 1020 g/mol. The molecule has 0 spiro atoms. The minimum atomic E-state index is -1.03. The van der Waals surface area contributed by atoms with Crippen LogP contribution < -0.4 is 18.9 Å². The lowest BCUT2D eigenvalue weighted by atomic mass is 9.88. The molecule has 19 heteroatoms. The maximum atomic E-state index is 14.5. The van der Waals surface area contributed by atoms with Crippen LogP contribution in [0.3, 0.4) is 0 Å². The number of rotatable bonds is 18. The van der Waals surface area contributed by atoms with E-state index in [2.05, 4.69) is 21.8 Å². The Morgan fingerprint density at radius 3 is 2.32 bits per heavy atom. The summed E-state index contributed by atoms with van der Waals surface area (Å²) in [4.78, 5) is 38.5. The van der Waals surface area contributed by atoms with Gasteiger partial charge in [0.2, 0.25) is 0 Å². The maximum Gasteiger partial charge on any atom is 0.307 e. The van der Waals surface area contributed by atoms with Crippen molar-refractivity contribution < 1.29 is 47.4 Å². The predicted molar refractivity (Wildman–Crippen MR) is 287 cm³/mol. The van der Waals surface area contributed by atoms with Crippen LogP contribution in [0.15, 0.2) is 85.3 Å². The molecule has 0 aliphatic carbocycles. The van der Waals surface area contributed by atoms with Gasteiger partial charge in [-0.1, -0.05) is 47.5 Å². The van der Waals surface area contributed by atoms with Crippen LogP contribution in [-0.4, -0.2) is 140 Å². The summed E-state index contributed by atoms with van der Waals surface area (Å²) in [6.07, 6.45) is 2.66. The molecule has 7 aromatic rings. The lowest BCUT2D eigenvalue weighted by molar-refractivity contribution is -0.141. The molecule has 3 aromatic heterocycles. The van der Waals surface area contributed by atoms with Crippen molar-refractivity contribution in [2.75, 3.05) is 93.1 Å². The maximum absolute atomic E-state index is 14.5. The zero-order chi connectivity index (χ0) is 52.4. The number of benzene rings is 4. The Morgan fingerprint density at radius 2 is 1.57 bits per heavy atom. The molecule has 3 aliphatic rings. The molecule has 1 saturated heterocycles. The smallest absolute Gasteiger partial charge is 0.307 e. The van der Waals surface area contributed by atoms with Gasteiger partial charge in [0.25, 0.3) is 0 Å². The molecule has 2 atom stereocenters. The van der Waals surface area contributed by atoms with Crippen LogP contribution in [0.1, 0.15) is 28.1 Å². The van der Waals surface area contributed by atoms with Gasteiger partial charge in [0.1, 0.15) is 60.1 Å². The number of piperazine rings is 1. The van der Waals surface area contributed by atoms with Crippen LogP contribution in [-0.2, 0) is 38.5 Å². The third-order valence-electron chi connectivity index (χ3n) is 13.3. The lowest BCUT2D eigenvalue weighted by Crippen LogP contribution is -2.49. The molecular formula is C56H59Cl2FN6O9S. The van der Waals surface area contributed by atoms with Gasteiger partial charge in [0.15, 0.2) is 11.6 Å². The van der Waals surface area contributed by atoms with Crippen LogP contribution in [0.25, 0.3) is 43.2 Å². The first-order valence-corrected chi connectivity index (χ1v) is 26.4. The number of hydrogen-bond acceptors (Lipinski definition) is 15. The summed E-state index contributed by atoms with van der Waals surface area (Å²) in [7, 11) is 3.74. The average Bonchev–Trinajstić information content (AvgIpc) is 3.81. The number of halogens is 3. The Hall–Kier alpha value is -6.02. The number of methoxy groups -OCH3 is 1. The molecule has 0 radical (unpaired) electrons. The van der Waals surface area contributed by atoms with E-state index in [1.807, 2.05) is 44.2 Å². The Kier molecular flexibility index (Phi) is 18.1. The highest BCUT2D eigenvalue weighted by molar-refractivity contribution is 7.22. The second-order valence-corrected chi connectivity index (χ2v) is 20.2. The van der Waals surface area contributed by atoms with E-state index in [1.54, 1.807) is 43.6 Å². The molecule has 1 N–H and O–H groups in total. The molecule has 394 valence electrons. The van der Waals surface area contributed by atoms with Crippen molar-refractivity contribution in [3.05, 3.63) is 129 Å². The molecule has 15 nitrogen and oxygen atoms in total. The van der Waals surface area contributed by atoms with Crippen molar-refractivity contribution in [1.82, 2.24) is 29.7 Å². The quantitative estimate of drug-likeness (QED) is 0.0809. The number of carboxylic acids is 1. The predicted octanol–water partition coefficient (Wildman–Crippen LogP) is 10.1. The number of carbonyl (C=O) groups is 1. The number of ether oxygens (including phenoxy) is 7. The second kappa shape index (κ2) is 25.2. The summed E-state index contributed by atoms with van der Waals surface area (Å²) in [5, 5.41) is 12.4. The highest BCUT2D eigenvalue weighted by atomic mass is 35.5. The average molecular weight is 1080 g/mol. The Labute approximate surface area is 449 Å². The van der Waals surface area contributed by atoms with Gasteiger partial charge in [0, 0.05) is 68.3 Å². The number of aliphatic carboxylic acids is 1. The van der Waals surface area contributed by atoms with Crippen LogP contribution in [0.4, 0.5) is 4.39 Å². The molecule has 4 aromatic carbocycles. The van der Waals surface area contributed by atoms with Crippen molar-refractivity contribution in [3.63, 3.8) is 0 Å². The van der Waals surface area contributed by atoms with Gasteiger partial charge >= 0.3 is 5.97 Å². The number of aromatic nitrogens is 4. The van der Waals surface area contributed by atoms with Crippen molar-refractivity contribution in [3.8, 4) is 56.0 Å². The van der Waals surface area contributed by atoms with E-state index in [-0.39, 0.29) is 31.9 Å². The molecule has 6 heterocycles. The number of likely N-dealkylation sites (N-methyl/N-ethyl adjacent to an activating group) is 1. The first-order chi connectivity index (χ1) is 36.4. The van der Waals surface area contributed by atoms with Gasteiger partial charge in [-0.15, -0.1) is 11.3 Å². The van der Waals surface area contributed by atoms with Crippen LogP contribution in [0.2, 0.25) is 10.0 Å². The number of carboxylic acid groups (broad SMARTS) is 1. The van der Waals surface area contributed by atoms with Crippen LogP contribution >= 0.6 is 34.5 Å². The monoisotopic (exact) mass is 1080 g/mol. The highest BCUT2D eigenvalue weighted by Crippen LogP contribution is 2.52. The van der Waals surface area contributed by atoms with Gasteiger partial charge in [-0.2, -0.15) is 0 Å². The summed E-state index contributed by atoms with van der Waals surface area (Å²) in [5.41, 5.74) is 5.99. The molecule has 4 bridgehead atoms. The van der Waals surface area contributed by atoms with Crippen molar-refractivity contribution in [1.29, 1.82) is 0 Å². The van der Waals surface area contributed by atoms with E-state index in [4.69, 9.17) is 71.3 Å². The largest absolute Gasteiger partial charge is 0.490 e. The molecule has 10 rings (SSSR count). The van der Waals surface area contributed by atoms with Gasteiger partial charge in [0.05, 0.1) is 65.9 Å². The third kappa shape index (κ3) is 13.0. The summed E-state index contributed by atoms with van der Waals surface area (Å²) in [5.74, 6) is -0.0787. The molecule has 3 aliphatic heterocycles. The van der Waals surface area contributed by atoms with E-state index in [0.717, 1.165) is 47.7 Å². The number of hydrogen-bond donors (Lipinski definition) is 1. The fourth-order valence-electron chi connectivity index (χ4n) is 9.31. The molecule has 0 saturated carbocycles. The minimum absolute atomic E-state index is 0.0193. The number of fused-ring (bicyclic) bond motifs is 7. The minimum Gasteiger partial charge on any atom is -0.490 e. The standard InChI is InChI=1S/C56H59Cl2FN6O9S/c1-34-47-35(2)51(58)52(50(34)57)74-42(30-65-19-17-64(3)18-20-65)32-72-41-13-14-45(73-31-40-15-16-60-54(63-40)43-7-5-6-8-46(43)71-26-25-70-24-23-69-22-21-68-4)37(28-41)27-38(56(66)67)29-44-48-49(47)53(75-55(48)62-33-61-44)36-9-11-39(59)12-10-36/h5-16,28,33,38,42H,17-27,29-32H2,1-4H3,(H,66,67)/t38-,42+/m0/s1.